The molecule has 12 nitrogen and oxygen atoms in total. The summed E-state index contributed by atoms with van der Waals surface area (Å²) >= 11 is 0. The van der Waals surface area contributed by atoms with Gasteiger partial charge in [0, 0.05) is 6.42 Å². The molecule has 0 aliphatic carbocycles. The van der Waals surface area contributed by atoms with Crippen molar-refractivity contribution in [1.29, 1.82) is 0 Å². The highest BCUT2D eigenvalue weighted by Crippen LogP contribution is 2.24. The lowest BCUT2D eigenvalue weighted by Crippen LogP contribution is -2.60. The van der Waals surface area contributed by atoms with Gasteiger partial charge >= 0.3 is 11.9 Å². The fourth-order valence-electron chi connectivity index (χ4n) is 7.70. The van der Waals surface area contributed by atoms with Crippen LogP contribution in [0.15, 0.2) is 60.8 Å². The fourth-order valence-corrected chi connectivity index (χ4v) is 8.39. The van der Waals surface area contributed by atoms with E-state index in [2.05, 4.69) is 50.3 Å². The van der Waals surface area contributed by atoms with Crippen molar-refractivity contribution in [3.8, 4) is 0 Å². The van der Waals surface area contributed by atoms with Gasteiger partial charge in [0.1, 0.15) is 36.8 Å². The molecule has 1 aliphatic heterocycles. The fraction of sp³-hybridized carbons (Fsp3) is 0.774. The molecule has 1 rings (SSSR count). The summed E-state index contributed by atoms with van der Waals surface area (Å²) < 4.78 is 54.1. The number of hydrogen-bond acceptors (Lipinski definition) is 11. The summed E-state index contributed by atoms with van der Waals surface area (Å²) in [5.74, 6) is -2.14. The van der Waals surface area contributed by atoms with E-state index in [1.165, 1.54) is 122 Å². The number of ether oxygens (including phenoxy) is 4. The van der Waals surface area contributed by atoms with Gasteiger partial charge in [-0.1, -0.05) is 216 Å². The first-order valence-electron chi connectivity index (χ1n) is 25.8. The van der Waals surface area contributed by atoms with Crippen LogP contribution in [0.5, 0.6) is 0 Å². The van der Waals surface area contributed by atoms with Crippen LogP contribution in [0.25, 0.3) is 0 Å². The van der Waals surface area contributed by atoms with E-state index < -0.39 is 71.2 Å². The van der Waals surface area contributed by atoms with Crippen molar-refractivity contribution in [2.45, 2.75) is 243 Å². The van der Waals surface area contributed by atoms with Crippen LogP contribution in [0, 0.1) is 0 Å². The first-order chi connectivity index (χ1) is 32.0. The molecule has 382 valence electrons. The van der Waals surface area contributed by atoms with Crippen molar-refractivity contribution in [2.75, 3.05) is 19.0 Å². The minimum atomic E-state index is -4.62. The number of aliphatic hydroxyl groups excluding tert-OH is 3. The van der Waals surface area contributed by atoms with Crippen LogP contribution in [-0.2, 0) is 38.7 Å². The quantitative estimate of drug-likeness (QED) is 0.0196. The number of unbranched alkanes of at least 4 members (excludes halogenated alkanes) is 22. The zero-order valence-corrected chi connectivity index (χ0v) is 41.9. The third kappa shape index (κ3) is 36.4. The van der Waals surface area contributed by atoms with E-state index in [1.54, 1.807) is 6.08 Å². The van der Waals surface area contributed by atoms with E-state index >= 15 is 0 Å². The highest BCUT2D eigenvalue weighted by atomic mass is 32.2. The second-order valence-electron chi connectivity index (χ2n) is 17.8. The normalized spacial score (nSPS) is 19.9. The van der Waals surface area contributed by atoms with Crippen molar-refractivity contribution in [2.24, 2.45) is 0 Å². The lowest BCUT2D eigenvalue weighted by atomic mass is 10.00. The van der Waals surface area contributed by atoms with E-state index in [0.717, 1.165) is 44.9 Å². The lowest BCUT2D eigenvalue weighted by molar-refractivity contribution is -0.297. The molecule has 6 atom stereocenters. The largest absolute Gasteiger partial charge is 0.462 e. The molecule has 66 heavy (non-hydrogen) atoms. The van der Waals surface area contributed by atoms with Gasteiger partial charge in [0.05, 0.1) is 13.0 Å². The van der Waals surface area contributed by atoms with Crippen LogP contribution in [0.1, 0.15) is 206 Å². The number of esters is 2. The highest BCUT2D eigenvalue weighted by Gasteiger charge is 2.46. The number of carbonyl (C=O) groups excluding carboxylic acids is 2. The molecule has 0 aromatic rings. The molecule has 1 heterocycles. The van der Waals surface area contributed by atoms with Crippen LogP contribution in [0.3, 0.4) is 0 Å². The Morgan fingerprint density at radius 3 is 1.36 bits per heavy atom. The third-order valence-electron chi connectivity index (χ3n) is 11.6. The second-order valence-corrected chi connectivity index (χ2v) is 19.3. The molecule has 0 aromatic carbocycles. The van der Waals surface area contributed by atoms with Crippen LogP contribution in [-0.4, -0.2) is 96.0 Å². The Labute approximate surface area is 400 Å². The Morgan fingerprint density at radius 2 is 0.939 bits per heavy atom. The molecule has 4 N–H and O–H groups in total. The minimum Gasteiger partial charge on any atom is -0.462 e. The summed E-state index contributed by atoms with van der Waals surface area (Å²) in [5.41, 5.74) is 0. The molecule has 1 aliphatic rings. The molecule has 0 radical (unpaired) electrons. The lowest BCUT2D eigenvalue weighted by Gasteiger charge is -2.40. The topological polar surface area (TPSA) is 186 Å². The predicted octanol–water partition coefficient (Wildman–Crippen LogP) is 11.7. The maximum atomic E-state index is 12.8. The molecule has 1 fully saturated rings. The van der Waals surface area contributed by atoms with E-state index in [9.17, 15) is 37.9 Å². The Kier molecular flexibility index (Phi) is 39.5. The summed E-state index contributed by atoms with van der Waals surface area (Å²) in [5, 5.41) is 30.9. The maximum Gasteiger partial charge on any atom is 0.310 e. The van der Waals surface area contributed by atoms with Gasteiger partial charge in [-0.3, -0.25) is 14.1 Å². The molecule has 0 bridgehead atoms. The molecule has 0 amide bonds. The summed E-state index contributed by atoms with van der Waals surface area (Å²) in [6.45, 7) is 3.59. The van der Waals surface area contributed by atoms with Crippen LogP contribution >= 0.6 is 0 Å². The molecule has 6 unspecified atom stereocenters. The van der Waals surface area contributed by atoms with E-state index in [4.69, 9.17) is 18.9 Å². The van der Waals surface area contributed by atoms with Crippen LogP contribution in [0.2, 0.25) is 0 Å². The number of hydrogen-bond donors (Lipinski definition) is 4. The zero-order chi connectivity index (χ0) is 48.4. The summed E-state index contributed by atoms with van der Waals surface area (Å²) in [6, 6.07) is 0. The number of aliphatic hydroxyl groups is 3. The molecule has 0 saturated carbocycles. The summed E-state index contributed by atoms with van der Waals surface area (Å²) in [4.78, 5) is 25.4. The second kappa shape index (κ2) is 42.5. The molecule has 13 heteroatoms. The van der Waals surface area contributed by atoms with Gasteiger partial charge in [-0.05, 0) is 38.5 Å². The van der Waals surface area contributed by atoms with Gasteiger partial charge in [0.25, 0.3) is 10.1 Å². The van der Waals surface area contributed by atoms with E-state index in [0.29, 0.717) is 12.8 Å². The van der Waals surface area contributed by atoms with Crippen LogP contribution < -0.4 is 0 Å². The van der Waals surface area contributed by atoms with Gasteiger partial charge in [0.2, 0.25) is 0 Å². The van der Waals surface area contributed by atoms with Gasteiger partial charge in [0.15, 0.2) is 12.4 Å². The Morgan fingerprint density at radius 1 is 0.530 bits per heavy atom. The molecular formula is C53H92O12S. The van der Waals surface area contributed by atoms with Gasteiger partial charge in [-0.25, -0.2) is 0 Å². The Hall–Kier alpha value is -2.65. The highest BCUT2D eigenvalue weighted by molar-refractivity contribution is 7.85. The Bertz CT molecular complexity index is 1440. The minimum absolute atomic E-state index is 0.0681. The first kappa shape index (κ1) is 61.4. The standard InChI is InChI=1S/C53H92O12S/c1-3-5-7-9-11-13-15-17-19-20-21-22-23-24-25-26-28-29-31-33-35-37-39-41-48(54)62-43-46(44-63-53-52(58)51(57)50(56)47(65-53)45-66(59,60)61)64-49(55)42-40-38-36-34-32-30-27-18-16-14-12-10-8-6-4-2/h6,8,12,14,18,27,32,34,38,40,46-47,50-53,56-58H,3-5,7,9-11,13,15-17,19-26,28-31,33,35-37,39,41-45H2,1-2H3,(H,59,60,61)/b8-6-,14-12-,27-18-,34-32-,40-38-. The molecule has 0 spiro atoms. The van der Waals surface area contributed by atoms with Gasteiger partial charge in [-0.2, -0.15) is 8.42 Å². The van der Waals surface area contributed by atoms with Gasteiger partial charge < -0.3 is 34.3 Å². The zero-order valence-electron chi connectivity index (χ0n) is 41.0. The summed E-state index contributed by atoms with van der Waals surface area (Å²) in [7, 11) is -4.62. The smallest absolute Gasteiger partial charge is 0.310 e. The predicted molar refractivity (Wildman–Crippen MR) is 265 cm³/mol. The number of allylic oxidation sites excluding steroid dienone is 9. The number of rotatable bonds is 43. The van der Waals surface area contributed by atoms with Crippen molar-refractivity contribution in [3.63, 3.8) is 0 Å². The van der Waals surface area contributed by atoms with Crippen molar-refractivity contribution in [3.05, 3.63) is 60.8 Å². The number of carbonyl (C=O) groups is 2. The SMILES string of the molecule is CC/C=C\C/C=C\C/C=C\C/C=C\C/C=C\CC(=O)OC(COC(=O)CCCCCCCCCCCCCCCCCCCCCCCCC)COC1OC(CS(=O)(=O)O)C(O)C(O)C1O. The Balaban J connectivity index is 2.37. The van der Waals surface area contributed by atoms with Crippen molar-refractivity contribution < 1.29 is 56.8 Å². The van der Waals surface area contributed by atoms with Crippen molar-refractivity contribution >= 4 is 22.1 Å². The van der Waals surface area contributed by atoms with Crippen LogP contribution in [0.4, 0.5) is 0 Å². The molecule has 0 aromatic heterocycles. The van der Waals surface area contributed by atoms with Crippen molar-refractivity contribution in [1.82, 2.24) is 0 Å². The van der Waals surface area contributed by atoms with E-state index in [1.807, 2.05) is 18.2 Å². The third-order valence-corrected chi connectivity index (χ3v) is 12.4. The summed E-state index contributed by atoms with van der Waals surface area (Å²) in [6.07, 6.45) is 44.5. The maximum absolute atomic E-state index is 12.8. The molecular weight excluding hydrogens is 861 g/mol. The van der Waals surface area contributed by atoms with E-state index in [-0.39, 0.29) is 19.4 Å². The first-order valence-corrected chi connectivity index (χ1v) is 27.5. The average Bonchev–Trinajstić information content (AvgIpc) is 3.28. The monoisotopic (exact) mass is 953 g/mol. The van der Waals surface area contributed by atoms with Gasteiger partial charge in [-0.15, -0.1) is 0 Å². The average molecular weight is 953 g/mol. The molecule has 1 saturated heterocycles.